The minimum atomic E-state index is 0.607. The number of hydrogen-bond donors (Lipinski definition) is 0. The van der Waals surface area contributed by atoms with Crippen LogP contribution in [0.25, 0.3) is 0 Å². The molecule has 1 atom stereocenters. The lowest BCUT2D eigenvalue weighted by Crippen LogP contribution is -2.34. The van der Waals surface area contributed by atoms with E-state index in [0.29, 0.717) is 5.92 Å². The molecule has 1 heterocycles. The second kappa shape index (κ2) is 10.5. The SMILES string of the molecule is CCCCC(CC)CN1C(=S)SC(=Nc2ccccc2)C1=Nc1ccccc1. The summed E-state index contributed by atoms with van der Waals surface area (Å²) in [7, 11) is 0. The first-order chi connectivity index (χ1) is 13.7. The van der Waals surface area contributed by atoms with Gasteiger partial charge >= 0.3 is 0 Å². The van der Waals surface area contributed by atoms with E-state index in [1.165, 1.54) is 19.3 Å². The van der Waals surface area contributed by atoms with Gasteiger partial charge in [-0.3, -0.25) is 0 Å². The van der Waals surface area contributed by atoms with E-state index in [1.807, 2.05) is 60.7 Å². The van der Waals surface area contributed by atoms with Crippen molar-refractivity contribution in [3.05, 3.63) is 60.7 Å². The lowest BCUT2D eigenvalue weighted by molar-refractivity contribution is 0.391. The molecule has 0 radical (unpaired) electrons. The number of unbranched alkanes of at least 4 members (excludes halogenated alkanes) is 1. The summed E-state index contributed by atoms with van der Waals surface area (Å²) in [6.07, 6.45) is 4.85. The van der Waals surface area contributed by atoms with Gasteiger partial charge in [0.15, 0.2) is 5.84 Å². The minimum absolute atomic E-state index is 0.607. The summed E-state index contributed by atoms with van der Waals surface area (Å²) >= 11 is 7.28. The van der Waals surface area contributed by atoms with Crippen LogP contribution in [-0.4, -0.2) is 26.6 Å². The summed E-state index contributed by atoms with van der Waals surface area (Å²) in [5.41, 5.74) is 1.85. The average molecular weight is 410 g/mol. The van der Waals surface area contributed by atoms with Gasteiger partial charge in [-0.25, -0.2) is 9.98 Å². The molecule has 0 aromatic heterocycles. The van der Waals surface area contributed by atoms with Crippen LogP contribution < -0.4 is 0 Å². The first-order valence-electron chi connectivity index (χ1n) is 9.98. The van der Waals surface area contributed by atoms with Crippen LogP contribution in [0.3, 0.4) is 0 Å². The van der Waals surface area contributed by atoms with Crippen molar-refractivity contribution in [3.8, 4) is 0 Å². The molecule has 146 valence electrons. The Hall–Kier alpha value is -1.98. The first kappa shape index (κ1) is 20.7. The molecule has 1 aliphatic heterocycles. The number of amidine groups is 1. The molecule has 0 bridgehead atoms. The normalized spacial score (nSPS) is 18.2. The average Bonchev–Trinajstić information content (AvgIpc) is 3.00. The number of aliphatic imine (C=N–C) groups is 2. The van der Waals surface area contributed by atoms with Crippen LogP contribution >= 0.6 is 24.0 Å². The third kappa shape index (κ3) is 5.52. The molecule has 2 aromatic rings. The van der Waals surface area contributed by atoms with Crippen LogP contribution in [-0.2, 0) is 0 Å². The summed E-state index contributed by atoms with van der Waals surface area (Å²) in [6.45, 7) is 5.41. The van der Waals surface area contributed by atoms with Crippen molar-refractivity contribution in [2.75, 3.05) is 6.54 Å². The molecular formula is C23H27N3S2. The second-order valence-corrected chi connectivity index (χ2v) is 8.54. The fourth-order valence-electron chi connectivity index (χ4n) is 3.15. The van der Waals surface area contributed by atoms with Crippen LogP contribution in [0.1, 0.15) is 39.5 Å². The molecule has 0 saturated carbocycles. The molecule has 1 saturated heterocycles. The number of thioether (sulfide) groups is 1. The molecule has 0 spiro atoms. The summed E-state index contributed by atoms with van der Waals surface area (Å²) in [5, 5.41) is 0.880. The van der Waals surface area contributed by atoms with Gasteiger partial charge in [0.05, 0.1) is 11.4 Å². The van der Waals surface area contributed by atoms with Gasteiger partial charge in [0.1, 0.15) is 9.36 Å². The molecule has 0 N–H and O–H groups in total. The largest absolute Gasteiger partial charge is 0.309 e. The van der Waals surface area contributed by atoms with Gasteiger partial charge in [-0.15, -0.1) is 0 Å². The van der Waals surface area contributed by atoms with Crippen molar-refractivity contribution in [3.63, 3.8) is 0 Å². The van der Waals surface area contributed by atoms with E-state index in [0.717, 1.165) is 39.5 Å². The molecule has 1 aliphatic rings. The molecule has 3 nitrogen and oxygen atoms in total. The Balaban J connectivity index is 1.94. The Morgan fingerprint density at radius 2 is 1.54 bits per heavy atom. The van der Waals surface area contributed by atoms with Gasteiger partial charge in [-0.2, -0.15) is 0 Å². The van der Waals surface area contributed by atoms with Crippen molar-refractivity contribution >= 4 is 50.6 Å². The maximum absolute atomic E-state index is 5.73. The molecule has 5 heteroatoms. The van der Waals surface area contributed by atoms with Crippen LogP contribution in [0, 0.1) is 5.92 Å². The van der Waals surface area contributed by atoms with E-state index in [4.69, 9.17) is 22.2 Å². The fraction of sp³-hybridized carbons (Fsp3) is 0.348. The van der Waals surface area contributed by atoms with E-state index in [2.05, 4.69) is 18.7 Å². The molecule has 3 rings (SSSR count). The minimum Gasteiger partial charge on any atom is -0.309 e. The van der Waals surface area contributed by atoms with Crippen LogP contribution in [0.4, 0.5) is 11.4 Å². The highest BCUT2D eigenvalue weighted by atomic mass is 32.2. The van der Waals surface area contributed by atoms with Crippen molar-refractivity contribution < 1.29 is 0 Å². The molecule has 0 amide bonds. The van der Waals surface area contributed by atoms with E-state index in [-0.39, 0.29) is 0 Å². The molecule has 0 aliphatic carbocycles. The summed E-state index contributed by atoms with van der Waals surface area (Å²) < 4.78 is 0.847. The maximum Gasteiger partial charge on any atom is 0.167 e. The number of hydrogen-bond acceptors (Lipinski definition) is 4. The van der Waals surface area contributed by atoms with E-state index in [9.17, 15) is 0 Å². The summed E-state index contributed by atoms with van der Waals surface area (Å²) in [5.74, 6) is 1.48. The van der Waals surface area contributed by atoms with Gasteiger partial charge in [0.2, 0.25) is 0 Å². The quantitative estimate of drug-likeness (QED) is 0.439. The van der Waals surface area contributed by atoms with Crippen LogP contribution in [0.2, 0.25) is 0 Å². The van der Waals surface area contributed by atoms with Gasteiger partial charge in [-0.1, -0.05) is 81.7 Å². The Morgan fingerprint density at radius 1 is 0.929 bits per heavy atom. The second-order valence-electron chi connectivity index (χ2n) is 6.92. The Kier molecular flexibility index (Phi) is 7.80. The van der Waals surface area contributed by atoms with E-state index in [1.54, 1.807) is 11.8 Å². The highest BCUT2D eigenvalue weighted by Gasteiger charge is 2.33. The van der Waals surface area contributed by atoms with Gasteiger partial charge in [-0.05, 0) is 48.4 Å². The Bertz CT molecular complexity index is 831. The monoisotopic (exact) mass is 409 g/mol. The number of benzene rings is 2. The van der Waals surface area contributed by atoms with Gasteiger partial charge in [0.25, 0.3) is 0 Å². The Labute approximate surface area is 178 Å². The summed E-state index contributed by atoms with van der Waals surface area (Å²) in [6, 6.07) is 20.1. The lowest BCUT2D eigenvalue weighted by atomic mass is 9.99. The van der Waals surface area contributed by atoms with E-state index >= 15 is 0 Å². The van der Waals surface area contributed by atoms with Crippen molar-refractivity contribution in [2.45, 2.75) is 39.5 Å². The third-order valence-electron chi connectivity index (χ3n) is 4.81. The molecule has 2 aromatic carbocycles. The molecule has 28 heavy (non-hydrogen) atoms. The zero-order valence-corrected chi connectivity index (χ0v) is 18.2. The highest BCUT2D eigenvalue weighted by Crippen LogP contribution is 2.30. The van der Waals surface area contributed by atoms with Crippen LogP contribution in [0.15, 0.2) is 70.6 Å². The molecule has 1 fully saturated rings. The highest BCUT2D eigenvalue weighted by molar-refractivity contribution is 8.35. The van der Waals surface area contributed by atoms with Gasteiger partial charge in [0, 0.05) is 6.54 Å². The number of thiocarbonyl (C=S) groups is 1. The smallest absolute Gasteiger partial charge is 0.167 e. The van der Waals surface area contributed by atoms with Crippen molar-refractivity contribution in [1.29, 1.82) is 0 Å². The van der Waals surface area contributed by atoms with Crippen LogP contribution in [0.5, 0.6) is 0 Å². The zero-order chi connectivity index (χ0) is 19.8. The topological polar surface area (TPSA) is 28.0 Å². The fourth-order valence-corrected chi connectivity index (χ4v) is 4.38. The zero-order valence-electron chi connectivity index (χ0n) is 16.5. The lowest BCUT2D eigenvalue weighted by Gasteiger charge is -2.23. The molecular weight excluding hydrogens is 382 g/mol. The predicted molar refractivity (Wildman–Crippen MR) is 127 cm³/mol. The number of nitrogens with zero attached hydrogens (tertiary/aromatic N) is 3. The van der Waals surface area contributed by atoms with Gasteiger partial charge < -0.3 is 4.90 Å². The number of para-hydroxylation sites is 2. The predicted octanol–water partition coefficient (Wildman–Crippen LogP) is 7.00. The standard InChI is InChI=1S/C23H27N3S2/c1-3-5-12-18(4-2)17-26-21(24-19-13-8-6-9-14-19)22(28-23(26)27)25-20-15-10-7-11-16-20/h6-11,13-16,18H,3-5,12,17H2,1-2H3. The van der Waals surface area contributed by atoms with E-state index < -0.39 is 0 Å². The van der Waals surface area contributed by atoms with Crippen molar-refractivity contribution in [2.24, 2.45) is 15.9 Å². The maximum atomic E-state index is 5.73. The number of rotatable bonds is 8. The first-order valence-corrected chi connectivity index (χ1v) is 11.2. The third-order valence-corrected chi connectivity index (χ3v) is 6.15. The summed E-state index contributed by atoms with van der Waals surface area (Å²) in [4.78, 5) is 12.0. The molecule has 1 unspecified atom stereocenters. The van der Waals surface area contributed by atoms with Crippen molar-refractivity contribution in [1.82, 2.24) is 4.90 Å². The Morgan fingerprint density at radius 3 is 2.11 bits per heavy atom.